The summed E-state index contributed by atoms with van der Waals surface area (Å²) in [4.78, 5) is 5.83. The van der Waals surface area contributed by atoms with E-state index in [1.807, 2.05) is 0 Å². The summed E-state index contributed by atoms with van der Waals surface area (Å²) in [5.41, 5.74) is -0.953. The van der Waals surface area contributed by atoms with Crippen LogP contribution in [0.25, 0.3) is 0 Å². The number of sulfonamides is 1. The van der Waals surface area contributed by atoms with Crippen molar-refractivity contribution in [1.29, 1.82) is 0 Å². The SMILES string of the molecule is O=S(=O)(c1cc(Cl)cc(Cl)c1)N1CCN2C[C@@H](Nc3cccc(C(F)(F)F)n3)C[C@H]2C1. The van der Waals surface area contributed by atoms with Crippen LogP contribution in [0, 0.1) is 0 Å². The fraction of sp³-hybridized carbons (Fsp3) is 0.421. The molecular weight excluding hydrogens is 476 g/mol. The molecule has 2 fully saturated rings. The summed E-state index contributed by atoms with van der Waals surface area (Å²) in [5.74, 6) is 0.151. The number of benzene rings is 1. The minimum atomic E-state index is -4.51. The fourth-order valence-corrected chi connectivity index (χ4v) is 6.24. The predicted molar refractivity (Wildman–Crippen MR) is 112 cm³/mol. The van der Waals surface area contributed by atoms with Gasteiger partial charge in [-0.05, 0) is 36.8 Å². The smallest absolute Gasteiger partial charge is 0.366 e. The lowest BCUT2D eigenvalue weighted by molar-refractivity contribution is -0.141. The monoisotopic (exact) mass is 494 g/mol. The number of hydrogen-bond donors (Lipinski definition) is 1. The Hall–Kier alpha value is -1.59. The number of nitrogens with zero attached hydrogens (tertiary/aromatic N) is 3. The van der Waals surface area contributed by atoms with Gasteiger partial charge in [-0.1, -0.05) is 29.3 Å². The molecule has 0 radical (unpaired) electrons. The van der Waals surface area contributed by atoms with Crippen LogP contribution in [0.3, 0.4) is 0 Å². The first-order chi connectivity index (χ1) is 14.5. The number of rotatable bonds is 4. The first kappa shape index (κ1) is 22.6. The van der Waals surface area contributed by atoms with E-state index in [0.29, 0.717) is 26.1 Å². The molecule has 0 aliphatic carbocycles. The van der Waals surface area contributed by atoms with Crippen LogP contribution in [0.5, 0.6) is 0 Å². The molecule has 0 bridgehead atoms. The topological polar surface area (TPSA) is 65.5 Å². The van der Waals surface area contributed by atoms with Gasteiger partial charge in [0.2, 0.25) is 10.0 Å². The van der Waals surface area contributed by atoms with Crippen molar-refractivity contribution in [3.63, 3.8) is 0 Å². The number of aromatic nitrogens is 1. The summed E-state index contributed by atoms with van der Waals surface area (Å²) >= 11 is 11.9. The van der Waals surface area contributed by atoms with Gasteiger partial charge in [-0.15, -0.1) is 0 Å². The van der Waals surface area contributed by atoms with Crippen molar-refractivity contribution >= 4 is 39.0 Å². The molecular formula is C19H19Cl2F3N4O2S. The predicted octanol–water partition coefficient (Wildman–Crippen LogP) is 3.97. The molecule has 2 aliphatic rings. The highest BCUT2D eigenvalue weighted by atomic mass is 35.5. The molecule has 2 aromatic rings. The maximum atomic E-state index is 13.0. The summed E-state index contributed by atoms with van der Waals surface area (Å²) in [7, 11) is -3.76. The van der Waals surface area contributed by atoms with Gasteiger partial charge in [0.15, 0.2) is 0 Å². The largest absolute Gasteiger partial charge is 0.433 e. The van der Waals surface area contributed by atoms with Crippen molar-refractivity contribution in [2.75, 3.05) is 31.5 Å². The molecule has 1 N–H and O–H groups in total. The zero-order chi connectivity index (χ0) is 22.4. The Balaban J connectivity index is 1.44. The molecule has 0 saturated carbocycles. The van der Waals surface area contributed by atoms with Gasteiger partial charge in [-0.25, -0.2) is 13.4 Å². The zero-order valence-electron chi connectivity index (χ0n) is 16.1. The van der Waals surface area contributed by atoms with E-state index in [2.05, 4.69) is 15.2 Å². The van der Waals surface area contributed by atoms with Crippen molar-refractivity contribution in [3.05, 3.63) is 52.1 Å². The average Bonchev–Trinajstić information content (AvgIpc) is 3.08. The molecule has 31 heavy (non-hydrogen) atoms. The van der Waals surface area contributed by atoms with Gasteiger partial charge in [-0.3, -0.25) is 4.90 Å². The minimum Gasteiger partial charge on any atom is -0.366 e. The Morgan fingerprint density at radius 2 is 1.77 bits per heavy atom. The molecule has 2 atom stereocenters. The third kappa shape index (κ3) is 4.93. The van der Waals surface area contributed by atoms with Crippen LogP contribution in [-0.4, -0.2) is 60.9 Å². The van der Waals surface area contributed by atoms with Crippen molar-refractivity contribution in [3.8, 4) is 0 Å². The summed E-state index contributed by atoms with van der Waals surface area (Å²) in [6, 6.07) is 7.74. The van der Waals surface area contributed by atoms with Gasteiger partial charge in [0.05, 0.1) is 4.90 Å². The van der Waals surface area contributed by atoms with Crippen LogP contribution in [0.1, 0.15) is 12.1 Å². The number of anilines is 1. The number of halogens is 5. The lowest BCUT2D eigenvalue weighted by Gasteiger charge is -2.36. The molecule has 0 spiro atoms. The van der Waals surface area contributed by atoms with E-state index in [4.69, 9.17) is 23.2 Å². The summed E-state index contributed by atoms with van der Waals surface area (Å²) in [6.07, 6.45) is -3.93. The Bertz CT molecular complexity index is 1060. The number of fused-ring (bicyclic) bond motifs is 1. The number of nitrogens with one attached hydrogen (secondary N) is 1. The lowest BCUT2D eigenvalue weighted by atomic mass is 10.1. The van der Waals surface area contributed by atoms with E-state index in [9.17, 15) is 21.6 Å². The number of pyridine rings is 1. The molecule has 12 heteroatoms. The molecule has 2 saturated heterocycles. The first-order valence-electron chi connectivity index (χ1n) is 9.53. The third-order valence-corrected chi connectivity index (χ3v) is 7.72. The van der Waals surface area contributed by atoms with Crippen LogP contribution in [-0.2, 0) is 16.2 Å². The second-order valence-electron chi connectivity index (χ2n) is 7.60. The number of hydrogen-bond acceptors (Lipinski definition) is 5. The molecule has 3 heterocycles. The highest BCUT2D eigenvalue weighted by molar-refractivity contribution is 7.89. The van der Waals surface area contributed by atoms with E-state index in [1.165, 1.54) is 34.6 Å². The standard InChI is InChI=1S/C19H19Cl2F3N4O2S/c20-12-6-13(21)8-16(7-12)31(29,30)28-5-4-27-10-14(9-15(27)11-28)25-18-3-1-2-17(26-18)19(22,23)24/h1-3,6-8,14-15H,4-5,9-11H2,(H,25,26)/t14-,15-/m0/s1. The van der Waals surface area contributed by atoms with Crippen molar-refractivity contribution in [1.82, 2.24) is 14.2 Å². The number of piperazine rings is 1. The maximum absolute atomic E-state index is 13.0. The third-order valence-electron chi connectivity index (χ3n) is 5.44. The Morgan fingerprint density at radius 3 is 2.45 bits per heavy atom. The fourth-order valence-electron chi connectivity index (χ4n) is 4.05. The van der Waals surface area contributed by atoms with E-state index in [-0.39, 0.29) is 39.4 Å². The van der Waals surface area contributed by atoms with E-state index in [0.717, 1.165) is 6.07 Å². The molecule has 0 amide bonds. The Kier molecular flexibility index (Phi) is 6.12. The van der Waals surface area contributed by atoms with Crippen LogP contribution in [0.4, 0.5) is 19.0 Å². The summed E-state index contributed by atoms with van der Waals surface area (Å²) in [5, 5.41) is 3.53. The van der Waals surface area contributed by atoms with E-state index < -0.39 is 21.9 Å². The first-order valence-corrected chi connectivity index (χ1v) is 11.7. The van der Waals surface area contributed by atoms with Crippen LogP contribution in [0.15, 0.2) is 41.3 Å². The Labute approximate surface area is 188 Å². The van der Waals surface area contributed by atoms with Crippen LogP contribution >= 0.6 is 23.2 Å². The highest BCUT2D eigenvalue weighted by Crippen LogP contribution is 2.31. The highest BCUT2D eigenvalue weighted by Gasteiger charge is 2.40. The van der Waals surface area contributed by atoms with Crippen LogP contribution < -0.4 is 5.32 Å². The molecule has 4 rings (SSSR count). The van der Waals surface area contributed by atoms with Gasteiger partial charge in [0, 0.05) is 48.3 Å². The molecule has 1 aromatic heterocycles. The van der Waals surface area contributed by atoms with Gasteiger partial charge >= 0.3 is 6.18 Å². The molecule has 168 valence electrons. The van der Waals surface area contributed by atoms with Crippen LogP contribution in [0.2, 0.25) is 10.0 Å². The van der Waals surface area contributed by atoms with Gasteiger partial charge in [0.25, 0.3) is 0 Å². The average molecular weight is 495 g/mol. The molecule has 2 aliphatic heterocycles. The zero-order valence-corrected chi connectivity index (χ0v) is 18.4. The summed E-state index contributed by atoms with van der Waals surface area (Å²) in [6.45, 7) is 1.70. The molecule has 1 aromatic carbocycles. The van der Waals surface area contributed by atoms with Gasteiger partial charge < -0.3 is 5.32 Å². The van der Waals surface area contributed by atoms with Crippen molar-refractivity contribution in [2.24, 2.45) is 0 Å². The maximum Gasteiger partial charge on any atom is 0.433 e. The normalized spacial score (nSPS) is 23.0. The summed E-state index contributed by atoms with van der Waals surface area (Å²) < 4.78 is 66.2. The second-order valence-corrected chi connectivity index (χ2v) is 10.4. The van der Waals surface area contributed by atoms with Crippen molar-refractivity contribution < 1.29 is 21.6 Å². The van der Waals surface area contributed by atoms with Crippen molar-refractivity contribution in [2.45, 2.75) is 29.6 Å². The second kappa shape index (κ2) is 8.40. The lowest BCUT2D eigenvalue weighted by Crippen LogP contribution is -2.51. The quantitative estimate of drug-likeness (QED) is 0.696. The van der Waals surface area contributed by atoms with E-state index >= 15 is 0 Å². The number of alkyl halides is 3. The van der Waals surface area contributed by atoms with E-state index in [1.54, 1.807) is 0 Å². The van der Waals surface area contributed by atoms with Gasteiger partial charge in [-0.2, -0.15) is 17.5 Å². The minimum absolute atomic E-state index is 0.0410. The van der Waals surface area contributed by atoms with Gasteiger partial charge in [0.1, 0.15) is 11.5 Å². The molecule has 0 unspecified atom stereocenters. The molecule has 6 nitrogen and oxygen atoms in total. The Morgan fingerprint density at radius 1 is 1.06 bits per heavy atom.